The van der Waals surface area contributed by atoms with Crippen LogP contribution in [0, 0.1) is 12.8 Å². The van der Waals surface area contributed by atoms with E-state index in [1.807, 2.05) is 23.0 Å². The van der Waals surface area contributed by atoms with Gasteiger partial charge < -0.3 is 5.32 Å². The molecule has 0 saturated heterocycles. The second-order valence-electron chi connectivity index (χ2n) is 5.11. The summed E-state index contributed by atoms with van der Waals surface area (Å²) in [6.07, 6.45) is 1.97. The third kappa shape index (κ3) is 3.88. The smallest absolute Gasteiger partial charge is 0.0969 e. The second kappa shape index (κ2) is 6.30. The van der Waals surface area contributed by atoms with Crippen LogP contribution in [0.15, 0.2) is 28.9 Å². The van der Waals surface area contributed by atoms with Gasteiger partial charge in [-0.25, -0.2) is 4.68 Å². The van der Waals surface area contributed by atoms with Gasteiger partial charge in [0.1, 0.15) is 0 Å². The van der Waals surface area contributed by atoms with Crippen molar-refractivity contribution in [3.63, 3.8) is 0 Å². The van der Waals surface area contributed by atoms with Crippen LogP contribution in [-0.4, -0.2) is 21.5 Å². The van der Waals surface area contributed by atoms with E-state index in [1.165, 1.54) is 5.56 Å². The molecule has 0 aliphatic rings. The number of rotatable bonds is 5. The number of aryl methyl sites for hydroxylation is 1. The molecular formula is C14H19BrN4. The van der Waals surface area contributed by atoms with Crippen LogP contribution < -0.4 is 5.32 Å². The summed E-state index contributed by atoms with van der Waals surface area (Å²) >= 11 is 3.50. The van der Waals surface area contributed by atoms with Crippen molar-refractivity contribution >= 4 is 15.9 Å². The monoisotopic (exact) mass is 322 g/mol. The zero-order valence-corrected chi connectivity index (χ0v) is 13.1. The molecule has 1 N–H and O–H groups in total. The Hall–Kier alpha value is -1.20. The Labute approximate surface area is 122 Å². The van der Waals surface area contributed by atoms with Gasteiger partial charge >= 0.3 is 0 Å². The third-order valence-electron chi connectivity index (χ3n) is 2.81. The fraction of sp³-hybridized carbons (Fsp3) is 0.429. The standard InChI is InChI=1S/C14H19BrN4/c1-10(2)7-16-8-12-9-19(18-17-12)13-4-5-14(15)11(3)6-13/h4-6,9-10,16H,7-8H2,1-3H3. The quantitative estimate of drug-likeness (QED) is 0.919. The predicted octanol–water partition coefficient (Wildman–Crippen LogP) is 3.08. The fourth-order valence-electron chi connectivity index (χ4n) is 1.77. The van der Waals surface area contributed by atoms with Gasteiger partial charge in [0.15, 0.2) is 0 Å². The summed E-state index contributed by atoms with van der Waals surface area (Å²) in [7, 11) is 0. The molecule has 0 bridgehead atoms. The molecule has 0 aliphatic carbocycles. The molecule has 0 radical (unpaired) electrons. The highest BCUT2D eigenvalue weighted by molar-refractivity contribution is 9.10. The zero-order chi connectivity index (χ0) is 13.8. The predicted molar refractivity (Wildman–Crippen MR) is 80.3 cm³/mol. The van der Waals surface area contributed by atoms with E-state index in [2.05, 4.69) is 58.4 Å². The second-order valence-corrected chi connectivity index (χ2v) is 5.97. The minimum atomic E-state index is 0.643. The van der Waals surface area contributed by atoms with Gasteiger partial charge in [-0.2, -0.15) is 0 Å². The number of nitrogens with one attached hydrogen (secondary N) is 1. The highest BCUT2D eigenvalue weighted by Crippen LogP contribution is 2.19. The average molecular weight is 323 g/mol. The molecule has 1 aromatic carbocycles. The summed E-state index contributed by atoms with van der Waals surface area (Å²) in [5.74, 6) is 0.643. The van der Waals surface area contributed by atoms with Crippen molar-refractivity contribution in [3.05, 3.63) is 40.1 Å². The molecule has 1 heterocycles. The maximum Gasteiger partial charge on any atom is 0.0969 e. The summed E-state index contributed by atoms with van der Waals surface area (Å²) in [5, 5.41) is 11.7. The summed E-state index contributed by atoms with van der Waals surface area (Å²) in [4.78, 5) is 0. The molecule has 4 nitrogen and oxygen atoms in total. The Kier molecular flexibility index (Phi) is 4.71. The first-order chi connectivity index (χ1) is 9.06. The molecule has 0 spiro atoms. The number of nitrogens with zero attached hydrogens (tertiary/aromatic N) is 3. The van der Waals surface area contributed by atoms with E-state index < -0.39 is 0 Å². The van der Waals surface area contributed by atoms with Crippen molar-refractivity contribution in [3.8, 4) is 5.69 Å². The van der Waals surface area contributed by atoms with E-state index in [-0.39, 0.29) is 0 Å². The van der Waals surface area contributed by atoms with Crippen LogP contribution in [0.25, 0.3) is 5.69 Å². The highest BCUT2D eigenvalue weighted by atomic mass is 79.9. The van der Waals surface area contributed by atoms with Gasteiger partial charge in [0.2, 0.25) is 0 Å². The Morgan fingerprint density at radius 2 is 2.16 bits per heavy atom. The van der Waals surface area contributed by atoms with Crippen LogP contribution in [0.1, 0.15) is 25.1 Å². The lowest BCUT2D eigenvalue weighted by atomic mass is 10.2. The molecule has 0 amide bonds. The van der Waals surface area contributed by atoms with E-state index in [0.29, 0.717) is 5.92 Å². The lowest BCUT2D eigenvalue weighted by molar-refractivity contribution is 0.548. The van der Waals surface area contributed by atoms with Crippen LogP contribution in [-0.2, 0) is 6.54 Å². The lowest BCUT2D eigenvalue weighted by Gasteiger charge is -2.04. The van der Waals surface area contributed by atoms with E-state index in [9.17, 15) is 0 Å². The average Bonchev–Trinajstić information content (AvgIpc) is 2.81. The normalized spacial score (nSPS) is 11.2. The Balaban J connectivity index is 2.05. The molecular weight excluding hydrogens is 304 g/mol. The largest absolute Gasteiger partial charge is 0.311 e. The Bertz CT molecular complexity index is 548. The number of aromatic nitrogens is 3. The molecule has 19 heavy (non-hydrogen) atoms. The molecule has 1 aromatic heterocycles. The first-order valence-corrected chi connectivity index (χ1v) is 7.24. The molecule has 0 saturated carbocycles. The van der Waals surface area contributed by atoms with Crippen molar-refractivity contribution in [1.82, 2.24) is 20.3 Å². The minimum Gasteiger partial charge on any atom is -0.311 e. The van der Waals surface area contributed by atoms with Gasteiger partial charge in [-0.15, -0.1) is 5.10 Å². The third-order valence-corrected chi connectivity index (χ3v) is 3.70. The fourth-order valence-corrected chi connectivity index (χ4v) is 2.01. The maximum atomic E-state index is 4.18. The van der Waals surface area contributed by atoms with Crippen molar-refractivity contribution in [2.75, 3.05) is 6.54 Å². The Morgan fingerprint density at radius 3 is 2.84 bits per heavy atom. The SMILES string of the molecule is Cc1cc(-n2cc(CNCC(C)C)nn2)ccc1Br. The van der Waals surface area contributed by atoms with E-state index in [1.54, 1.807) is 0 Å². The molecule has 5 heteroatoms. The van der Waals surface area contributed by atoms with Crippen LogP contribution in [0.4, 0.5) is 0 Å². The van der Waals surface area contributed by atoms with Crippen LogP contribution >= 0.6 is 15.9 Å². The van der Waals surface area contributed by atoms with Crippen LogP contribution in [0.3, 0.4) is 0 Å². The van der Waals surface area contributed by atoms with Gasteiger partial charge in [-0.05, 0) is 43.1 Å². The van der Waals surface area contributed by atoms with Crippen LogP contribution in [0.5, 0.6) is 0 Å². The number of halogens is 1. The van der Waals surface area contributed by atoms with Crippen molar-refractivity contribution < 1.29 is 0 Å². The molecule has 0 unspecified atom stereocenters. The molecule has 0 aliphatic heterocycles. The highest BCUT2D eigenvalue weighted by Gasteiger charge is 2.04. The van der Waals surface area contributed by atoms with E-state index in [4.69, 9.17) is 0 Å². The lowest BCUT2D eigenvalue weighted by Crippen LogP contribution is -2.19. The summed E-state index contributed by atoms with van der Waals surface area (Å²) in [6.45, 7) is 8.19. The number of hydrogen-bond acceptors (Lipinski definition) is 3. The summed E-state index contributed by atoms with van der Waals surface area (Å²) < 4.78 is 2.92. The van der Waals surface area contributed by atoms with Gasteiger partial charge in [0.05, 0.1) is 17.6 Å². The zero-order valence-electron chi connectivity index (χ0n) is 11.5. The van der Waals surface area contributed by atoms with Crippen molar-refractivity contribution in [1.29, 1.82) is 0 Å². The van der Waals surface area contributed by atoms with Crippen molar-refractivity contribution in [2.24, 2.45) is 5.92 Å². The summed E-state index contributed by atoms with van der Waals surface area (Å²) in [6, 6.07) is 6.14. The Morgan fingerprint density at radius 1 is 1.37 bits per heavy atom. The molecule has 2 rings (SSSR count). The first kappa shape index (κ1) is 14.2. The maximum absolute atomic E-state index is 4.18. The van der Waals surface area contributed by atoms with E-state index in [0.717, 1.165) is 28.9 Å². The molecule has 0 atom stereocenters. The van der Waals surface area contributed by atoms with E-state index >= 15 is 0 Å². The molecule has 0 fully saturated rings. The van der Waals surface area contributed by atoms with Crippen LogP contribution in [0.2, 0.25) is 0 Å². The van der Waals surface area contributed by atoms with Crippen molar-refractivity contribution in [2.45, 2.75) is 27.3 Å². The number of hydrogen-bond donors (Lipinski definition) is 1. The first-order valence-electron chi connectivity index (χ1n) is 6.44. The molecule has 2 aromatic rings. The van der Waals surface area contributed by atoms with Gasteiger partial charge in [0, 0.05) is 11.0 Å². The van der Waals surface area contributed by atoms with Gasteiger partial charge in [-0.3, -0.25) is 0 Å². The number of benzene rings is 1. The summed E-state index contributed by atoms with van der Waals surface area (Å²) in [5.41, 5.74) is 3.18. The van der Waals surface area contributed by atoms with Gasteiger partial charge in [-0.1, -0.05) is 35.0 Å². The molecule has 102 valence electrons. The topological polar surface area (TPSA) is 42.7 Å². The minimum absolute atomic E-state index is 0.643. The van der Waals surface area contributed by atoms with Gasteiger partial charge in [0.25, 0.3) is 0 Å².